The molecule has 4 rings (SSSR count). The summed E-state index contributed by atoms with van der Waals surface area (Å²) in [4.78, 5) is 16.0. The quantitative estimate of drug-likeness (QED) is 0.767. The van der Waals surface area contributed by atoms with Crippen molar-refractivity contribution >= 4 is 23.1 Å². The summed E-state index contributed by atoms with van der Waals surface area (Å²) in [6, 6.07) is 15.5. The number of thiophene rings is 1. The van der Waals surface area contributed by atoms with Gasteiger partial charge in [0, 0.05) is 41.6 Å². The van der Waals surface area contributed by atoms with Gasteiger partial charge in [-0.1, -0.05) is 12.1 Å². The van der Waals surface area contributed by atoms with E-state index in [1.54, 1.807) is 18.4 Å². The summed E-state index contributed by atoms with van der Waals surface area (Å²) < 4.78 is 7.45. The highest BCUT2D eigenvalue weighted by Crippen LogP contribution is 2.35. The van der Waals surface area contributed by atoms with E-state index in [1.807, 2.05) is 41.3 Å². The van der Waals surface area contributed by atoms with Crippen LogP contribution in [0.25, 0.3) is 0 Å². The number of hydrogen-bond donors (Lipinski definition) is 1. The normalized spacial score (nSPS) is 16.4. The van der Waals surface area contributed by atoms with Crippen molar-refractivity contribution in [3.63, 3.8) is 0 Å². The zero-order valence-electron chi connectivity index (χ0n) is 13.9. The summed E-state index contributed by atoms with van der Waals surface area (Å²) in [6.45, 7) is 1.47. The van der Waals surface area contributed by atoms with Crippen molar-refractivity contribution in [2.75, 3.05) is 19.0 Å². The van der Waals surface area contributed by atoms with E-state index in [0.717, 1.165) is 23.7 Å². The molecule has 2 amide bonds. The van der Waals surface area contributed by atoms with Crippen molar-refractivity contribution in [1.82, 2.24) is 9.47 Å². The van der Waals surface area contributed by atoms with Gasteiger partial charge in [-0.2, -0.15) is 0 Å². The van der Waals surface area contributed by atoms with E-state index in [9.17, 15) is 4.79 Å². The molecular formula is C19H19N3O2S. The van der Waals surface area contributed by atoms with Gasteiger partial charge in [0.15, 0.2) is 0 Å². The van der Waals surface area contributed by atoms with Gasteiger partial charge in [-0.05, 0) is 35.7 Å². The van der Waals surface area contributed by atoms with Crippen molar-refractivity contribution in [3.05, 3.63) is 70.7 Å². The number of rotatable bonds is 3. The fourth-order valence-electron chi connectivity index (χ4n) is 3.24. The van der Waals surface area contributed by atoms with Crippen molar-refractivity contribution in [3.8, 4) is 5.75 Å². The molecule has 0 aliphatic carbocycles. The molecule has 0 saturated heterocycles. The number of anilines is 1. The third kappa shape index (κ3) is 3.00. The fourth-order valence-corrected chi connectivity index (χ4v) is 4.09. The lowest BCUT2D eigenvalue weighted by Crippen LogP contribution is -2.44. The molecule has 3 aromatic rings. The van der Waals surface area contributed by atoms with Crippen molar-refractivity contribution < 1.29 is 9.53 Å². The molecule has 0 unspecified atom stereocenters. The largest absolute Gasteiger partial charge is 0.497 e. The topological polar surface area (TPSA) is 46.5 Å². The Hall–Kier alpha value is -2.73. The van der Waals surface area contributed by atoms with Gasteiger partial charge >= 0.3 is 6.03 Å². The molecule has 1 atom stereocenters. The molecule has 1 N–H and O–H groups in total. The summed E-state index contributed by atoms with van der Waals surface area (Å²) in [5.74, 6) is 0.722. The number of hydrogen-bond acceptors (Lipinski definition) is 3. The van der Waals surface area contributed by atoms with E-state index in [2.05, 4.69) is 33.6 Å². The number of ether oxygens (including phenoxy) is 1. The second-order valence-electron chi connectivity index (χ2n) is 5.90. The lowest BCUT2D eigenvalue weighted by Gasteiger charge is -2.36. The number of aromatic nitrogens is 1. The predicted molar refractivity (Wildman–Crippen MR) is 99.3 cm³/mol. The van der Waals surface area contributed by atoms with E-state index in [0.29, 0.717) is 6.54 Å². The van der Waals surface area contributed by atoms with E-state index >= 15 is 0 Å². The zero-order chi connectivity index (χ0) is 17.2. The average Bonchev–Trinajstić information content (AvgIpc) is 3.32. The highest BCUT2D eigenvalue weighted by Gasteiger charge is 2.32. The van der Waals surface area contributed by atoms with Crippen LogP contribution in [0.3, 0.4) is 0 Å². The van der Waals surface area contributed by atoms with Crippen molar-refractivity contribution in [2.45, 2.75) is 12.6 Å². The minimum atomic E-state index is -0.0981. The van der Waals surface area contributed by atoms with Crippen LogP contribution in [0.5, 0.6) is 5.75 Å². The van der Waals surface area contributed by atoms with Crippen LogP contribution < -0.4 is 10.1 Å². The maximum Gasteiger partial charge on any atom is 0.322 e. The molecule has 5 nitrogen and oxygen atoms in total. The number of carbonyl (C=O) groups is 1. The molecule has 3 heterocycles. The third-order valence-electron chi connectivity index (χ3n) is 4.43. The first-order chi connectivity index (χ1) is 12.3. The first-order valence-corrected chi connectivity index (χ1v) is 9.04. The molecule has 1 aromatic carbocycles. The number of urea groups is 1. The van der Waals surface area contributed by atoms with Gasteiger partial charge in [0.2, 0.25) is 0 Å². The Morgan fingerprint density at radius 1 is 1.20 bits per heavy atom. The van der Waals surface area contributed by atoms with E-state index in [4.69, 9.17) is 4.74 Å². The Balaban J connectivity index is 1.62. The Bertz CT molecular complexity index is 872. The fraction of sp³-hybridized carbons (Fsp3) is 0.211. The smallest absolute Gasteiger partial charge is 0.322 e. The summed E-state index contributed by atoms with van der Waals surface area (Å²) in [6.07, 6.45) is 2.08. The van der Waals surface area contributed by atoms with E-state index < -0.39 is 0 Å². The molecule has 1 aliphatic heterocycles. The van der Waals surface area contributed by atoms with Crippen LogP contribution in [0.2, 0.25) is 0 Å². The summed E-state index contributed by atoms with van der Waals surface area (Å²) in [5, 5.41) is 5.05. The second kappa shape index (κ2) is 6.64. The van der Waals surface area contributed by atoms with Gasteiger partial charge in [-0.15, -0.1) is 11.3 Å². The van der Waals surface area contributed by atoms with Crippen LogP contribution in [0.15, 0.2) is 60.1 Å². The van der Waals surface area contributed by atoms with Gasteiger partial charge in [-0.25, -0.2) is 4.79 Å². The maximum absolute atomic E-state index is 13.0. The third-order valence-corrected chi connectivity index (χ3v) is 5.36. The van der Waals surface area contributed by atoms with Crippen LogP contribution in [-0.4, -0.2) is 29.2 Å². The number of nitrogens with one attached hydrogen (secondary N) is 1. The van der Waals surface area contributed by atoms with Crippen molar-refractivity contribution in [1.29, 1.82) is 0 Å². The standard InChI is InChI=1S/C19H19N3O2S/c1-24-15-6-2-5-14(13-15)20-19(23)22-11-10-21-9-3-7-16(21)18(22)17-8-4-12-25-17/h2-9,12-13,18H,10-11H2,1H3,(H,20,23)/t18-/m1/s1. The Morgan fingerprint density at radius 3 is 2.92 bits per heavy atom. The average molecular weight is 353 g/mol. The predicted octanol–water partition coefficient (Wildman–Crippen LogP) is 4.20. The number of amides is 2. The zero-order valence-corrected chi connectivity index (χ0v) is 14.7. The Kier molecular flexibility index (Phi) is 4.19. The monoisotopic (exact) mass is 353 g/mol. The number of nitrogens with zero attached hydrogens (tertiary/aromatic N) is 2. The minimum Gasteiger partial charge on any atom is -0.497 e. The van der Waals surface area contributed by atoms with Crippen LogP contribution in [0.4, 0.5) is 10.5 Å². The first-order valence-electron chi connectivity index (χ1n) is 8.16. The molecule has 6 heteroatoms. The second-order valence-corrected chi connectivity index (χ2v) is 6.88. The van der Waals surface area contributed by atoms with E-state index in [-0.39, 0.29) is 12.1 Å². The molecule has 0 saturated carbocycles. The molecule has 1 aliphatic rings. The number of benzene rings is 1. The highest BCUT2D eigenvalue weighted by atomic mass is 32.1. The molecule has 2 aromatic heterocycles. The maximum atomic E-state index is 13.0. The molecule has 0 fully saturated rings. The van der Waals surface area contributed by atoms with Gasteiger partial charge in [-0.3, -0.25) is 0 Å². The van der Waals surface area contributed by atoms with Gasteiger partial charge < -0.3 is 19.5 Å². The minimum absolute atomic E-state index is 0.0608. The van der Waals surface area contributed by atoms with Gasteiger partial charge in [0.25, 0.3) is 0 Å². The van der Waals surface area contributed by atoms with Gasteiger partial charge in [0.1, 0.15) is 11.8 Å². The highest BCUT2D eigenvalue weighted by molar-refractivity contribution is 7.10. The van der Waals surface area contributed by atoms with Crippen LogP contribution in [0, 0.1) is 0 Å². The molecule has 25 heavy (non-hydrogen) atoms. The summed E-state index contributed by atoms with van der Waals surface area (Å²) in [7, 11) is 1.62. The first kappa shape index (κ1) is 15.8. The SMILES string of the molecule is COc1cccc(NC(=O)N2CCn3cccc3[C@@H]2c2cccs2)c1. The molecule has 128 valence electrons. The lowest BCUT2D eigenvalue weighted by molar-refractivity contribution is 0.183. The van der Waals surface area contributed by atoms with Crippen LogP contribution in [-0.2, 0) is 6.54 Å². The Labute approximate surface area is 150 Å². The molecule has 0 spiro atoms. The van der Waals surface area contributed by atoms with Gasteiger partial charge in [0.05, 0.1) is 7.11 Å². The molecular weight excluding hydrogens is 334 g/mol. The molecule has 0 radical (unpaired) electrons. The number of methoxy groups -OCH3 is 1. The lowest BCUT2D eigenvalue weighted by atomic mass is 10.1. The summed E-state index contributed by atoms with van der Waals surface area (Å²) >= 11 is 1.67. The molecule has 0 bridgehead atoms. The summed E-state index contributed by atoms with van der Waals surface area (Å²) in [5.41, 5.74) is 1.88. The number of carbonyl (C=O) groups excluding carboxylic acids is 1. The Morgan fingerprint density at radius 2 is 2.12 bits per heavy atom. The van der Waals surface area contributed by atoms with Crippen LogP contribution in [0.1, 0.15) is 16.6 Å². The van der Waals surface area contributed by atoms with Crippen LogP contribution >= 0.6 is 11.3 Å². The van der Waals surface area contributed by atoms with E-state index in [1.165, 1.54) is 4.88 Å². The number of fused-ring (bicyclic) bond motifs is 1. The van der Waals surface area contributed by atoms with Crippen molar-refractivity contribution in [2.24, 2.45) is 0 Å².